The monoisotopic (exact) mass is 379 g/mol. The first kappa shape index (κ1) is 17.9. The second kappa shape index (κ2) is 8.97. The van der Waals surface area contributed by atoms with E-state index in [1.165, 1.54) is 4.88 Å². The molecule has 0 atom stereocenters. The maximum atomic E-state index is 6.28. The number of guanidine groups is 1. The zero-order chi connectivity index (χ0) is 17.5. The highest BCUT2D eigenvalue weighted by molar-refractivity contribution is 7.09. The van der Waals surface area contributed by atoms with Gasteiger partial charge in [-0.05, 0) is 42.5 Å². The molecule has 0 amide bonds. The third-order valence-corrected chi connectivity index (χ3v) is 4.88. The molecule has 2 heterocycles. The SMILES string of the molecule is CCNC(=NCc1cc(Cl)c2c(c1)OCCO2)NCCc1cccs1. The van der Waals surface area contributed by atoms with Gasteiger partial charge in [0.05, 0.1) is 11.6 Å². The van der Waals surface area contributed by atoms with E-state index < -0.39 is 0 Å². The molecule has 1 aromatic heterocycles. The van der Waals surface area contributed by atoms with Crippen molar-refractivity contribution < 1.29 is 9.47 Å². The van der Waals surface area contributed by atoms with Crippen LogP contribution in [-0.4, -0.2) is 32.3 Å². The van der Waals surface area contributed by atoms with Crippen LogP contribution in [0.15, 0.2) is 34.6 Å². The molecule has 134 valence electrons. The number of fused-ring (bicyclic) bond motifs is 1. The van der Waals surface area contributed by atoms with Crippen LogP contribution in [0.2, 0.25) is 5.02 Å². The number of halogens is 1. The van der Waals surface area contributed by atoms with E-state index in [2.05, 4.69) is 40.1 Å². The Hall–Kier alpha value is -1.92. The Kier molecular flexibility index (Phi) is 6.42. The number of rotatable bonds is 6. The van der Waals surface area contributed by atoms with Crippen molar-refractivity contribution in [3.05, 3.63) is 45.1 Å². The molecule has 7 heteroatoms. The van der Waals surface area contributed by atoms with Crippen LogP contribution >= 0.6 is 22.9 Å². The summed E-state index contributed by atoms with van der Waals surface area (Å²) in [5, 5.41) is 9.29. The minimum atomic E-state index is 0.519. The van der Waals surface area contributed by atoms with Crippen LogP contribution in [0, 0.1) is 0 Å². The lowest BCUT2D eigenvalue weighted by Crippen LogP contribution is -2.38. The maximum absolute atomic E-state index is 6.28. The molecule has 1 aliphatic heterocycles. The van der Waals surface area contributed by atoms with Crippen molar-refractivity contribution in [2.75, 3.05) is 26.3 Å². The normalized spacial score (nSPS) is 13.6. The summed E-state index contributed by atoms with van der Waals surface area (Å²) in [7, 11) is 0. The molecule has 0 fully saturated rings. The van der Waals surface area contributed by atoms with E-state index in [9.17, 15) is 0 Å². The van der Waals surface area contributed by atoms with Gasteiger partial charge in [0, 0.05) is 18.0 Å². The summed E-state index contributed by atoms with van der Waals surface area (Å²) in [4.78, 5) is 6.00. The molecule has 2 N–H and O–H groups in total. The molecule has 0 bridgehead atoms. The molecule has 5 nitrogen and oxygen atoms in total. The van der Waals surface area contributed by atoms with Gasteiger partial charge in [-0.2, -0.15) is 0 Å². The van der Waals surface area contributed by atoms with Crippen molar-refractivity contribution in [3.63, 3.8) is 0 Å². The first-order valence-corrected chi connectivity index (χ1v) is 9.64. The van der Waals surface area contributed by atoms with Gasteiger partial charge in [-0.25, -0.2) is 4.99 Å². The number of nitrogens with zero attached hydrogens (tertiary/aromatic N) is 1. The van der Waals surface area contributed by atoms with Gasteiger partial charge < -0.3 is 20.1 Å². The van der Waals surface area contributed by atoms with Crippen LogP contribution in [0.4, 0.5) is 0 Å². The van der Waals surface area contributed by atoms with Gasteiger partial charge >= 0.3 is 0 Å². The quantitative estimate of drug-likeness (QED) is 0.596. The van der Waals surface area contributed by atoms with Gasteiger partial charge in [-0.3, -0.25) is 0 Å². The zero-order valence-corrected chi connectivity index (χ0v) is 15.8. The first-order valence-electron chi connectivity index (χ1n) is 8.39. The van der Waals surface area contributed by atoms with Gasteiger partial charge in [-0.1, -0.05) is 17.7 Å². The Morgan fingerprint density at radius 3 is 2.96 bits per heavy atom. The van der Waals surface area contributed by atoms with E-state index in [-0.39, 0.29) is 0 Å². The third kappa shape index (κ3) is 5.03. The second-order valence-corrected chi connectivity index (χ2v) is 6.99. The highest BCUT2D eigenvalue weighted by Crippen LogP contribution is 2.38. The maximum Gasteiger partial charge on any atom is 0.191 e. The Morgan fingerprint density at radius 2 is 2.16 bits per heavy atom. The zero-order valence-electron chi connectivity index (χ0n) is 14.2. The predicted molar refractivity (Wildman–Crippen MR) is 103 cm³/mol. The van der Waals surface area contributed by atoms with Gasteiger partial charge in [0.2, 0.25) is 0 Å². The molecule has 1 aromatic carbocycles. The van der Waals surface area contributed by atoms with E-state index in [0.717, 1.165) is 31.0 Å². The number of hydrogen-bond acceptors (Lipinski definition) is 4. The summed E-state index contributed by atoms with van der Waals surface area (Å²) in [5.41, 5.74) is 0.990. The van der Waals surface area contributed by atoms with Crippen LogP contribution in [-0.2, 0) is 13.0 Å². The number of thiophene rings is 1. The summed E-state index contributed by atoms with van der Waals surface area (Å²) in [6.07, 6.45) is 0.984. The van der Waals surface area contributed by atoms with Gasteiger partial charge in [0.25, 0.3) is 0 Å². The summed E-state index contributed by atoms with van der Waals surface area (Å²) >= 11 is 8.05. The van der Waals surface area contributed by atoms with E-state index in [1.54, 1.807) is 11.3 Å². The second-order valence-electron chi connectivity index (χ2n) is 5.55. The number of ether oxygens (including phenoxy) is 2. The lowest BCUT2D eigenvalue weighted by molar-refractivity contribution is 0.171. The van der Waals surface area contributed by atoms with Crippen LogP contribution < -0.4 is 20.1 Å². The molecular formula is C18H22ClN3O2S. The average Bonchev–Trinajstić information content (AvgIpc) is 3.13. The number of nitrogens with one attached hydrogen (secondary N) is 2. The molecule has 0 saturated carbocycles. The standard InChI is InChI=1S/C18H22ClN3O2S/c1-2-20-18(21-6-5-14-4-3-9-25-14)22-12-13-10-15(19)17-16(11-13)23-7-8-24-17/h3-4,9-11H,2,5-8,12H2,1H3,(H2,20,21,22). The minimum Gasteiger partial charge on any atom is -0.486 e. The van der Waals surface area contributed by atoms with Crippen LogP contribution in [0.3, 0.4) is 0 Å². The van der Waals surface area contributed by atoms with Crippen molar-refractivity contribution in [2.24, 2.45) is 4.99 Å². The molecule has 0 saturated heterocycles. The molecule has 25 heavy (non-hydrogen) atoms. The van der Waals surface area contributed by atoms with Crippen molar-refractivity contribution in [1.29, 1.82) is 0 Å². The largest absolute Gasteiger partial charge is 0.486 e. The summed E-state index contributed by atoms with van der Waals surface area (Å²) in [6, 6.07) is 8.05. The third-order valence-electron chi connectivity index (χ3n) is 3.66. The number of aliphatic imine (C=N–C) groups is 1. The van der Waals surface area contributed by atoms with E-state index in [1.807, 2.05) is 12.1 Å². The molecule has 0 radical (unpaired) electrons. The van der Waals surface area contributed by atoms with Gasteiger partial charge in [-0.15, -0.1) is 11.3 Å². The topological polar surface area (TPSA) is 54.9 Å². The van der Waals surface area contributed by atoms with Crippen LogP contribution in [0.25, 0.3) is 0 Å². The van der Waals surface area contributed by atoms with Crippen LogP contribution in [0.5, 0.6) is 11.5 Å². The van der Waals surface area contributed by atoms with E-state index in [0.29, 0.717) is 36.3 Å². The number of benzene rings is 1. The molecule has 1 aliphatic rings. The van der Waals surface area contributed by atoms with Crippen molar-refractivity contribution in [3.8, 4) is 11.5 Å². The molecule has 0 spiro atoms. The summed E-state index contributed by atoms with van der Waals surface area (Å²) in [5.74, 6) is 2.12. The predicted octanol–water partition coefficient (Wildman–Crippen LogP) is 3.47. The fourth-order valence-electron chi connectivity index (χ4n) is 2.53. The van der Waals surface area contributed by atoms with Gasteiger partial charge in [0.1, 0.15) is 13.2 Å². The smallest absolute Gasteiger partial charge is 0.191 e. The lowest BCUT2D eigenvalue weighted by Gasteiger charge is -2.20. The lowest BCUT2D eigenvalue weighted by atomic mass is 10.2. The van der Waals surface area contributed by atoms with Gasteiger partial charge in [0.15, 0.2) is 17.5 Å². The molecular weight excluding hydrogens is 358 g/mol. The molecule has 2 aromatic rings. The molecule has 3 rings (SSSR count). The van der Waals surface area contributed by atoms with Crippen molar-refractivity contribution >= 4 is 28.9 Å². The van der Waals surface area contributed by atoms with Crippen LogP contribution in [0.1, 0.15) is 17.4 Å². The fraction of sp³-hybridized carbons (Fsp3) is 0.389. The average molecular weight is 380 g/mol. The highest BCUT2D eigenvalue weighted by Gasteiger charge is 2.16. The van der Waals surface area contributed by atoms with Crippen molar-refractivity contribution in [2.45, 2.75) is 19.9 Å². The van der Waals surface area contributed by atoms with E-state index >= 15 is 0 Å². The Balaban J connectivity index is 1.61. The minimum absolute atomic E-state index is 0.519. The highest BCUT2D eigenvalue weighted by atomic mass is 35.5. The fourth-order valence-corrected chi connectivity index (χ4v) is 3.52. The summed E-state index contributed by atoms with van der Waals surface area (Å²) < 4.78 is 11.2. The Morgan fingerprint density at radius 1 is 1.28 bits per heavy atom. The Bertz CT molecular complexity index is 719. The first-order chi connectivity index (χ1) is 12.3. The number of hydrogen-bond donors (Lipinski definition) is 2. The molecule has 0 unspecified atom stereocenters. The summed E-state index contributed by atoms with van der Waals surface area (Å²) in [6.45, 7) is 5.30. The van der Waals surface area contributed by atoms with E-state index in [4.69, 9.17) is 21.1 Å². The molecule has 0 aliphatic carbocycles. The van der Waals surface area contributed by atoms with Crippen molar-refractivity contribution in [1.82, 2.24) is 10.6 Å². The Labute approximate surface area is 157 Å².